The van der Waals surface area contributed by atoms with Crippen molar-refractivity contribution in [1.29, 1.82) is 0 Å². The molecule has 0 aromatic heterocycles. The number of ether oxygens (including phenoxy) is 3. The standard InChI is InChI=1S/C24H27N3O7/c1-5-13-6-8-15(9-7-13)27-23(29)19-20(26(12-18(25)28)34-22(19)24(27)30)14-10-16(31-2)21(33-4)17(11-14)32-3/h6-11,19-20,22H,5,12H2,1-4H3,(H2,25,28). The van der Waals surface area contributed by atoms with Gasteiger partial charge in [-0.1, -0.05) is 19.1 Å². The highest BCUT2D eigenvalue weighted by Crippen LogP contribution is 2.49. The maximum Gasteiger partial charge on any atom is 0.265 e. The Labute approximate surface area is 197 Å². The van der Waals surface area contributed by atoms with Gasteiger partial charge in [0.15, 0.2) is 17.6 Å². The van der Waals surface area contributed by atoms with Gasteiger partial charge in [0.25, 0.3) is 5.91 Å². The highest BCUT2D eigenvalue weighted by Gasteiger charge is 2.60. The van der Waals surface area contributed by atoms with Crippen LogP contribution in [-0.4, -0.2) is 56.8 Å². The summed E-state index contributed by atoms with van der Waals surface area (Å²) in [6.45, 7) is 1.72. The van der Waals surface area contributed by atoms with Gasteiger partial charge in [0, 0.05) is 0 Å². The molecule has 180 valence electrons. The Morgan fingerprint density at radius 3 is 2.12 bits per heavy atom. The van der Waals surface area contributed by atoms with E-state index in [9.17, 15) is 14.4 Å². The third kappa shape index (κ3) is 3.84. The number of aryl methyl sites for hydroxylation is 1. The van der Waals surface area contributed by atoms with Crippen molar-refractivity contribution < 1.29 is 33.4 Å². The second-order valence-corrected chi connectivity index (χ2v) is 8.03. The first-order valence-electron chi connectivity index (χ1n) is 10.8. The molecule has 10 nitrogen and oxygen atoms in total. The lowest BCUT2D eigenvalue weighted by molar-refractivity contribution is -0.175. The molecule has 2 heterocycles. The van der Waals surface area contributed by atoms with Crippen molar-refractivity contribution in [2.24, 2.45) is 11.7 Å². The SMILES string of the molecule is CCc1ccc(N2C(=O)C3ON(CC(N)=O)C(c4cc(OC)c(OC)c(OC)c4)C3C2=O)cc1. The Morgan fingerprint density at radius 2 is 1.62 bits per heavy atom. The lowest BCUT2D eigenvalue weighted by atomic mass is 9.90. The van der Waals surface area contributed by atoms with Gasteiger partial charge in [-0.3, -0.25) is 19.2 Å². The van der Waals surface area contributed by atoms with E-state index in [1.165, 1.54) is 26.4 Å². The predicted octanol–water partition coefficient (Wildman–Crippen LogP) is 1.61. The van der Waals surface area contributed by atoms with Crippen LogP contribution in [0.25, 0.3) is 0 Å². The summed E-state index contributed by atoms with van der Waals surface area (Å²) in [6, 6.07) is 9.78. The quantitative estimate of drug-likeness (QED) is 0.579. The number of carbonyl (C=O) groups is 3. The highest BCUT2D eigenvalue weighted by atomic mass is 16.7. The summed E-state index contributed by atoms with van der Waals surface area (Å²) in [7, 11) is 4.43. The number of methoxy groups -OCH3 is 3. The molecule has 2 fully saturated rings. The Morgan fingerprint density at radius 1 is 1.00 bits per heavy atom. The molecule has 2 saturated heterocycles. The van der Waals surface area contributed by atoms with Gasteiger partial charge < -0.3 is 19.9 Å². The Bertz CT molecular complexity index is 1090. The number of amides is 3. The fraction of sp³-hybridized carbons (Fsp3) is 0.375. The van der Waals surface area contributed by atoms with E-state index in [0.29, 0.717) is 28.5 Å². The van der Waals surface area contributed by atoms with Gasteiger partial charge in [-0.05, 0) is 41.8 Å². The number of nitrogens with zero attached hydrogens (tertiary/aromatic N) is 2. The predicted molar refractivity (Wildman–Crippen MR) is 121 cm³/mol. The van der Waals surface area contributed by atoms with Crippen molar-refractivity contribution >= 4 is 23.4 Å². The van der Waals surface area contributed by atoms with Crippen molar-refractivity contribution in [2.45, 2.75) is 25.5 Å². The number of imide groups is 1. The molecule has 2 aliphatic rings. The van der Waals surface area contributed by atoms with Gasteiger partial charge in [-0.25, -0.2) is 4.90 Å². The molecular formula is C24H27N3O7. The molecule has 2 aromatic carbocycles. The van der Waals surface area contributed by atoms with Crippen LogP contribution in [-0.2, 0) is 25.6 Å². The molecule has 0 bridgehead atoms. The lowest BCUT2D eigenvalue weighted by Crippen LogP contribution is -2.40. The first-order chi connectivity index (χ1) is 16.3. The molecule has 2 aromatic rings. The fourth-order valence-electron chi connectivity index (χ4n) is 4.54. The normalized spacial score (nSPS) is 22.1. The highest BCUT2D eigenvalue weighted by molar-refractivity contribution is 6.23. The summed E-state index contributed by atoms with van der Waals surface area (Å²) >= 11 is 0. The summed E-state index contributed by atoms with van der Waals surface area (Å²) in [5.41, 5.74) is 7.53. The molecule has 0 spiro atoms. The van der Waals surface area contributed by atoms with Crippen molar-refractivity contribution in [2.75, 3.05) is 32.8 Å². The third-order valence-corrected chi connectivity index (χ3v) is 6.14. The number of rotatable bonds is 8. The van der Waals surface area contributed by atoms with Gasteiger partial charge >= 0.3 is 0 Å². The van der Waals surface area contributed by atoms with Crippen molar-refractivity contribution in [3.8, 4) is 17.2 Å². The molecule has 2 aliphatic heterocycles. The van der Waals surface area contributed by atoms with E-state index in [1.807, 2.05) is 19.1 Å². The number of hydroxylamine groups is 2. The topological polar surface area (TPSA) is 121 Å². The molecule has 0 saturated carbocycles. The minimum absolute atomic E-state index is 0.305. The van der Waals surface area contributed by atoms with Crippen LogP contribution in [0.4, 0.5) is 5.69 Å². The summed E-state index contributed by atoms with van der Waals surface area (Å²) in [5, 5.41) is 1.28. The average Bonchev–Trinajstić information content (AvgIpc) is 3.32. The molecule has 3 atom stereocenters. The third-order valence-electron chi connectivity index (χ3n) is 6.14. The zero-order valence-electron chi connectivity index (χ0n) is 19.4. The minimum atomic E-state index is -1.10. The van der Waals surface area contributed by atoms with Crippen molar-refractivity contribution in [1.82, 2.24) is 5.06 Å². The van der Waals surface area contributed by atoms with Crippen molar-refractivity contribution in [3.05, 3.63) is 47.5 Å². The maximum absolute atomic E-state index is 13.6. The number of benzene rings is 2. The second-order valence-electron chi connectivity index (χ2n) is 8.03. The molecule has 34 heavy (non-hydrogen) atoms. The van der Waals surface area contributed by atoms with Crippen LogP contribution in [0.2, 0.25) is 0 Å². The van der Waals surface area contributed by atoms with Crippen LogP contribution in [0.1, 0.15) is 24.1 Å². The number of hydrogen-bond donors (Lipinski definition) is 1. The zero-order valence-corrected chi connectivity index (χ0v) is 19.4. The van der Waals surface area contributed by atoms with Crippen LogP contribution in [0.5, 0.6) is 17.2 Å². The summed E-state index contributed by atoms with van der Waals surface area (Å²) < 4.78 is 16.3. The number of hydrogen-bond acceptors (Lipinski definition) is 8. The Kier molecular flexibility index (Phi) is 6.45. The molecule has 0 radical (unpaired) electrons. The van der Waals surface area contributed by atoms with E-state index < -0.39 is 35.8 Å². The maximum atomic E-state index is 13.6. The van der Waals surface area contributed by atoms with Crippen molar-refractivity contribution in [3.63, 3.8) is 0 Å². The van der Waals surface area contributed by atoms with Gasteiger partial charge in [0.1, 0.15) is 6.54 Å². The molecule has 3 unspecified atom stereocenters. The van der Waals surface area contributed by atoms with Gasteiger partial charge in [-0.15, -0.1) is 0 Å². The van der Waals surface area contributed by atoms with E-state index in [0.717, 1.165) is 16.9 Å². The van der Waals surface area contributed by atoms with Gasteiger partial charge in [0.05, 0.1) is 39.0 Å². The van der Waals surface area contributed by atoms with E-state index in [4.69, 9.17) is 24.8 Å². The first kappa shape index (κ1) is 23.5. The van der Waals surface area contributed by atoms with Gasteiger partial charge in [0.2, 0.25) is 17.6 Å². The Hall–Kier alpha value is -3.63. The fourth-order valence-corrected chi connectivity index (χ4v) is 4.54. The van der Waals surface area contributed by atoms with E-state index in [2.05, 4.69) is 0 Å². The number of fused-ring (bicyclic) bond motifs is 1. The largest absolute Gasteiger partial charge is 0.493 e. The van der Waals surface area contributed by atoms with Crippen LogP contribution in [0.3, 0.4) is 0 Å². The number of anilines is 1. The van der Waals surface area contributed by atoms with Crippen LogP contribution in [0, 0.1) is 5.92 Å². The molecular weight excluding hydrogens is 442 g/mol. The monoisotopic (exact) mass is 469 g/mol. The van der Waals surface area contributed by atoms with Gasteiger partial charge in [-0.2, -0.15) is 5.06 Å². The number of primary amides is 1. The smallest absolute Gasteiger partial charge is 0.265 e. The summed E-state index contributed by atoms with van der Waals surface area (Å²) in [6.07, 6.45) is -0.260. The number of nitrogens with two attached hydrogens (primary N) is 1. The summed E-state index contributed by atoms with van der Waals surface area (Å²) in [5.74, 6) is -1.39. The lowest BCUT2D eigenvalue weighted by Gasteiger charge is -2.27. The van der Waals surface area contributed by atoms with Crippen LogP contribution >= 0.6 is 0 Å². The molecule has 2 N–H and O–H groups in total. The van der Waals surface area contributed by atoms with E-state index in [1.54, 1.807) is 24.3 Å². The second kappa shape index (κ2) is 9.32. The molecule has 0 aliphatic carbocycles. The van der Waals surface area contributed by atoms with Crippen LogP contribution in [0.15, 0.2) is 36.4 Å². The first-order valence-corrected chi connectivity index (χ1v) is 10.8. The molecule has 3 amide bonds. The Balaban J connectivity index is 1.78. The summed E-state index contributed by atoms with van der Waals surface area (Å²) in [4.78, 5) is 45.6. The van der Waals surface area contributed by atoms with Crippen LogP contribution < -0.4 is 24.8 Å². The molecule has 4 rings (SSSR count). The minimum Gasteiger partial charge on any atom is -0.493 e. The van der Waals surface area contributed by atoms with E-state index >= 15 is 0 Å². The zero-order chi connectivity index (χ0) is 24.6. The van der Waals surface area contributed by atoms with E-state index in [-0.39, 0.29) is 6.54 Å². The molecule has 10 heteroatoms. The average molecular weight is 469 g/mol. The number of carbonyl (C=O) groups excluding carboxylic acids is 3.